The third kappa shape index (κ3) is 2.68. The predicted molar refractivity (Wildman–Crippen MR) is 60.7 cm³/mol. The summed E-state index contributed by atoms with van der Waals surface area (Å²) in [5.41, 5.74) is 2.21. The van der Waals surface area contributed by atoms with E-state index in [4.69, 9.17) is 0 Å². The summed E-state index contributed by atoms with van der Waals surface area (Å²) in [6.45, 7) is 9.79. The van der Waals surface area contributed by atoms with E-state index < -0.39 is 8.07 Å². The van der Waals surface area contributed by atoms with Gasteiger partial charge in [-0.2, -0.15) is 0 Å². The van der Waals surface area contributed by atoms with Crippen LogP contribution in [0.5, 0.6) is 0 Å². The fourth-order valence-electron chi connectivity index (χ4n) is 2.28. The molecule has 0 fully saturated rings. The predicted octanol–water partition coefficient (Wildman–Crippen LogP) is 3.04. The molecule has 0 aliphatic heterocycles. The molecule has 1 aliphatic rings. The highest BCUT2D eigenvalue weighted by Crippen LogP contribution is 2.39. The molecule has 1 N–H and O–H groups in total. The Kier molecular flexibility index (Phi) is 3.36. The van der Waals surface area contributed by atoms with Crippen LogP contribution in [0, 0.1) is 5.92 Å². The van der Waals surface area contributed by atoms with Crippen LogP contribution in [0.2, 0.25) is 25.2 Å². The van der Waals surface area contributed by atoms with E-state index >= 15 is 0 Å². The first-order valence-electron chi connectivity index (χ1n) is 5.23. The molecule has 1 nitrogen and oxygen atoms in total. The van der Waals surface area contributed by atoms with Gasteiger partial charge in [0.2, 0.25) is 0 Å². The van der Waals surface area contributed by atoms with Crippen molar-refractivity contribution >= 4 is 8.07 Å². The summed E-state index contributed by atoms with van der Waals surface area (Å²) in [5.74, 6) is 0.537. The molecule has 0 radical (unpaired) electrons. The summed E-state index contributed by atoms with van der Waals surface area (Å²) in [7, 11) is -1.12. The normalized spacial score (nSPS) is 30.1. The summed E-state index contributed by atoms with van der Waals surface area (Å²) >= 11 is 0. The van der Waals surface area contributed by atoms with E-state index in [-0.39, 0.29) is 0 Å². The number of rotatable bonds is 2. The van der Waals surface area contributed by atoms with Crippen molar-refractivity contribution in [2.24, 2.45) is 5.92 Å². The van der Waals surface area contributed by atoms with Gasteiger partial charge in [0.05, 0.1) is 8.07 Å². The van der Waals surface area contributed by atoms with Crippen molar-refractivity contribution in [3.63, 3.8) is 0 Å². The molecule has 1 rings (SSSR count). The summed E-state index contributed by atoms with van der Waals surface area (Å²) in [6.07, 6.45) is 4.80. The zero-order valence-corrected chi connectivity index (χ0v) is 10.3. The average molecular weight is 198 g/mol. The second kappa shape index (κ2) is 3.97. The molecule has 0 amide bonds. The van der Waals surface area contributed by atoms with Crippen molar-refractivity contribution in [2.45, 2.75) is 44.9 Å². The molecule has 0 aromatic rings. The van der Waals surface area contributed by atoms with Gasteiger partial charge in [-0.3, -0.25) is 0 Å². The maximum absolute atomic E-state index is 9.30. The number of hydrogen-bond acceptors (Lipinski definition) is 1. The van der Waals surface area contributed by atoms with Crippen LogP contribution in [-0.4, -0.2) is 19.8 Å². The van der Waals surface area contributed by atoms with Gasteiger partial charge in [0.1, 0.15) is 0 Å². The van der Waals surface area contributed by atoms with Gasteiger partial charge >= 0.3 is 0 Å². The fourth-order valence-corrected chi connectivity index (χ4v) is 4.75. The molecule has 0 saturated heterocycles. The molecule has 0 bridgehead atoms. The van der Waals surface area contributed by atoms with Gasteiger partial charge in [-0.25, -0.2) is 0 Å². The minimum absolute atomic E-state index is 0.374. The van der Waals surface area contributed by atoms with Crippen LogP contribution in [0.3, 0.4) is 0 Å². The highest BCUT2D eigenvalue weighted by molar-refractivity contribution is 6.78. The van der Waals surface area contributed by atoms with Crippen LogP contribution >= 0.6 is 0 Å². The Hall–Kier alpha value is -0.0831. The number of aliphatic hydroxyl groups excluding tert-OH is 1. The van der Waals surface area contributed by atoms with Crippen molar-refractivity contribution in [1.82, 2.24) is 0 Å². The van der Waals surface area contributed by atoms with Gasteiger partial charge in [0.25, 0.3) is 0 Å². The maximum atomic E-state index is 9.30. The van der Waals surface area contributed by atoms with Gasteiger partial charge in [0, 0.05) is 6.61 Å². The molecule has 13 heavy (non-hydrogen) atoms. The van der Waals surface area contributed by atoms with Crippen LogP contribution in [0.25, 0.3) is 0 Å². The first-order valence-corrected chi connectivity index (χ1v) is 8.81. The Morgan fingerprint density at radius 3 is 2.54 bits per heavy atom. The first kappa shape index (κ1) is 11.0. The van der Waals surface area contributed by atoms with E-state index in [1.54, 1.807) is 0 Å². The van der Waals surface area contributed by atoms with Gasteiger partial charge in [-0.15, -0.1) is 0 Å². The quantitative estimate of drug-likeness (QED) is 0.534. The van der Waals surface area contributed by atoms with Crippen molar-refractivity contribution in [2.75, 3.05) is 6.61 Å². The summed E-state index contributed by atoms with van der Waals surface area (Å²) in [4.78, 5) is 0. The number of allylic oxidation sites excluding steroid dienone is 2. The molecule has 76 valence electrons. The second-order valence-electron chi connectivity index (χ2n) is 5.39. The van der Waals surface area contributed by atoms with Gasteiger partial charge < -0.3 is 5.11 Å². The molecule has 2 heteroatoms. The van der Waals surface area contributed by atoms with Gasteiger partial charge in [-0.05, 0) is 31.2 Å². The second-order valence-corrected chi connectivity index (χ2v) is 10.8. The van der Waals surface area contributed by atoms with Gasteiger partial charge in [-0.1, -0.05) is 31.3 Å². The van der Waals surface area contributed by atoms with Crippen molar-refractivity contribution in [1.29, 1.82) is 0 Å². The van der Waals surface area contributed by atoms with E-state index in [1.165, 1.54) is 18.4 Å². The SMILES string of the molecule is CC1=CC([Si](C)(C)C)C(CO)CC1. The number of aliphatic hydroxyl groups is 1. The highest BCUT2D eigenvalue weighted by atomic mass is 28.3. The third-order valence-electron chi connectivity index (χ3n) is 3.12. The standard InChI is InChI=1S/C11H22OSi/c1-9-5-6-10(8-12)11(7-9)13(2,3)4/h7,10-12H,5-6,8H2,1-4H3. The van der Waals surface area contributed by atoms with Crippen molar-refractivity contribution in [3.8, 4) is 0 Å². The molecule has 2 atom stereocenters. The Morgan fingerprint density at radius 2 is 2.08 bits per heavy atom. The highest BCUT2D eigenvalue weighted by Gasteiger charge is 2.33. The van der Waals surface area contributed by atoms with E-state index in [0.29, 0.717) is 18.1 Å². The molecule has 1 aliphatic carbocycles. The van der Waals surface area contributed by atoms with Crippen LogP contribution in [0.1, 0.15) is 19.8 Å². The first-order chi connectivity index (χ1) is 5.95. The molecule has 0 saturated carbocycles. The largest absolute Gasteiger partial charge is 0.396 e. The molecular weight excluding hydrogens is 176 g/mol. The van der Waals surface area contributed by atoms with E-state index in [1.807, 2.05) is 0 Å². The summed E-state index contributed by atoms with van der Waals surface area (Å²) in [5, 5.41) is 9.30. The maximum Gasteiger partial charge on any atom is 0.0518 e. The molecule has 0 heterocycles. The Bertz CT molecular complexity index is 203. The van der Waals surface area contributed by atoms with Crippen LogP contribution in [0.15, 0.2) is 11.6 Å². The Labute approximate surface area is 82.9 Å². The molecule has 0 aromatic carbocycles. The van der Waals surface area contributed by atoms with E-state index in [2.05, 4.69) is 32.6 Å². The minimum atomic E-state index is -1.12. The summed E-state index contributed by atoms with van der Waals surface area (Å²) in [6, 6.07) is 0. The average Bonchev–Trinajstić information content (AvgIpc) is 2.03. The lowest BCUT2D eigenvalue weighted by Crippen LogP contribution is -2.35. The fraction of sp³-hybridized carbons (Fsp3) is 0.818. The van der Waals surface area contributed by atoms with Gasteiger partial charge in [0.15, 0.2) is 0 Å². The zero-order chi connectivity index (χ0) is 10.1. The molecule has 2 unspecified atom stereocenters. The minimum Gasteiger partial charge on any atom is -0.396 e. The van der Waals surface area contributed by atoms with Crippen molar-refractivity contribution in [3.05, 3.63) is 11.6 Å². The zero-order valence-electron chi connectivity index (χ0n) is 9.30. The Balaban J connectivity index is 2.82. The molecule has 0 spiro atoms. The van der Waals surface area contributed by atoms with Crippen LogP contribution in [-0.2, 0) is 0 Å². The third-order valence-corrected chi connectivity index (χ3v) is 5.75. The number of hydrogen-bond donors (Lipinski definition) is 1. The van der Waals surface area contributed by atoms with E-state index in [9.17, 15) is 5.11 Å². The molecular formula is C11H22OSi. The van der Waals surface area contributed by atoms with E-state index in [0.717, 1.165) is 0 Å². The lowest BCUT2D eigenvalue weighted by molar-refractivity contribution is 0.214. The molecule has 0 aromatic heterocycles. The van der Waals surface area contributed by atoms with Crippen LogP contribution < -0.4 is 0 Å². The van der Waals surface area contributed by atoms with Crippen LogP contribution in [0.4, 0.5) is 0 Å². The summed E-state index contributed by atoms with van der Waals surface area (Å²) < 4.78 is 0. The van der Waals surface area contributed by atoms with Crippen molar-refractivity contribution < 1.29 is 5.11 Å². The lowest BCUT2D eigenvalue weighted by atomic mass is 9.90. The monoisotopic (exact) mass is 198 g/mol. The lowest BCUT2D eigenvalue weighted by Gasteiger charge is -2.36. The smallest absolute Gasteiger partial charge is 0.0518 e. The topological polar surface area (TPSA) is 20.2 Å². The Morgan fingerprint density at radius 1 is 1.46 bits per heavy atom.